The molecule has 19 heavy (non-hydrogen) atoms. The molecule has 1 aromatic heterocycles. The molecule has 0 aliphatic heterocycles. The third-order valence-electron chi connectivity index (χ3n) is 2.38. The van der Waals surface area contributed by atoms with Crippen LogP contribution in [0.2, 0.25) is 0 Å². The minimum atomic E-state index is -0.417. The van der Waals surface area contributed by atoms with Crippen molar-refractivity contribution in [3.8, 4) is 17.1 Å². The van der Waals surface area contributed by atoms with E-state index >= 15 is 0 Å². The number of rotatable bonds is 4. The number of nitrogens with two attached hydrogens (primary N) is 1. The molecule has 0 fully saturated rings. The predicted molar refractivity (Wildman–Crippen MR) is 75.7 cm³/mol. The lowest BCUT2D eigenvalue weighted by Crippen LogP contribution is -2.13. The Labute approximate surface area is 122 Å². The lowest BCUT2D eigenvalue weighted by atomic mass is 10.2. The van der Waals surface area contributed by atoms with Crippen molar-refractivity contribution in [1.82, 2.24) is 14.8 Å². The quantitative estimate of drug-likeness (QED) is 0.821. The first kappa shape index (κ1) is 13.9. The monoisotopic (exact) mass is 342 g/mol. The van der Waals surface area contributed by atoms with Crippen molar-refractivity contribution >= 4 is 33.6 Å². The normalized spacial score (nSPS) is 10.6. The van der Waals surface area contributed by atoms with Gasteiger partial charge in [-0.2, -0.15) is 0 Å². The van der Waals surface area contributed by atoms with Gasteiger partial charge in [-0.1, -0.05) is 27.7 Å². The number of carbonyl (C=O) groups is 1. The third-order valence-corrected chi connectivity index (χ3v) is 3.91. The van der Waals surface area contributed by atoms with Crippen molar-refractivity contribution in [1.29, 1.82) is 0 Å². The second-order valence-electron chi connectivity index (χ2n) is 3.78. The molecule has 1 aromatic carbocycles. The summed E-state index contributed by atoms with van der Waals surface area (Å²) in [4.78, 5) is 10.8. The summed E-state index contributed by atoms with van der Waals surface area (Å²) in [5.74, 6) is 0.354. The number of nitrogens with zero attached hydrogens (tertiary/aromatic N) is 3. The Morgan fingerprint density at radius 3 is 2.95 bits per heavy atom. The maximum Gasteiger partial charge on any atom is 0.227 e. The number of halogens is 1. The van der Waals surface area contributed by atoms with Gasteiger partial charge in [-0.25, -0.2) is 0 Å². The molecule has 0 atom stereocenters. The fourth-order valence-corrected chi connectivity index (χ4v) is 2.51. The van der Waals surface area contributed by atoms with Gasteiger partial charge >= 0.3 is 0 Å². The molecule has 2 aromatic rings. The molecule has 1 amide bonds. The summed E-state index contributed by atoms with van der Waals surface area (Å²) in [6.45, 7) is 0. The second kappa shape index (κ2) is 5.62. The first-order valence-corrected chi connectivity index (χ1v) is 7.06. The Kier molecular flexibility index (Phi) is 4.11. The number of hydrogen-bond donors (Lipinski definition) is 2. The molecule has 2 rings (SSSR count). The fourth-order valence-electron chi connectivity index (χ4n) is 1.50. The number of aromatic nitrogens is 3. The van der Waals surface area contributed by atoms with Crippen molar-refractivity contribution in [3.05, 3.63) is 22.7 Å². The van der Waals surface area contributed by atoms with E-state index < -0.39 is 5.91 Å². The minimum absolute atomic E-state index is 0.116. The molecule has 6 nitrogen and oxygen atoms in total. The summed E-state index contributed by atoms with van der Waals surface area (Å²) >= 11 is 4.54. The van der Waals surface area contributed by atoms with Gasteiger partial charge in [0.05, 0.1) is 11.3 Å². The molecular weight excluding hydrogens is 332 g/mol. The highest BCUT2D eigenvalue weighted by atomic mass is 79.9. The minimum Gasteiger partial charge on any atom is -0.507 e. The summed E-state index contributed by atoms with van der Waals surface area (Å²) < 4.78 is 2.53. The highest BCUT2D eigenvalue weighted by Gasteiger charge is 2.15. The van der Waals surface area contributed by atoms with Gasteiger partial charge in [-0.15, -0.1) is 10.2 Å². The van der Waals surface area contributed by atoms with Gasteiger partial charge in [-0.05, 0) is 18.2 Å². The zero-order valence-electron chi connectivity index (χ0n) is 10.00. The van der Waals surface area contributed by atoms with E-state index in [1.165, 1.54) is 11.8 Å². The molecule has 1 heterocycles. The zero-order valence-corrected chi connectivity index (χ0v) is 12.4. The third kappa shape index (κ3) is 3.07. The average Bonchev–Trinajstić information content (AvgIpc) is 2.71. The van der Waals surface area contributed by atoms with Crippen molar-refractivity contribution < 1.29 is 9.90 Å². The lowest BCUT2D eigenvalue weighted by Gasteiger charge is -2.05. The predicted octanol–water partition coefficient (Wildman–Crippen LogP) is 1.53. The molecule has 0 saturated heterocycles. The van der Waals surface area contributed by atoms with Gasteiger partial charge in [-0.3, -0.25) is 4.79 Å². The molecule has 100 valence electrons. The van der Waals surface area contributed by atoms with Crippen LogP contribution in [-0.4, -0.2) is 31.5 Å². The zero-order chi connectivity index (χ0) is 14.0. The summed E-state index contributed by atoms with van der Waals surface area (Å²) in [5, 5.41) is 18.4. The van der Waals surface area contributed by atoms with Crippen LogP contribution < -0.4 is 5.73 Å². The Hall–Kier alpha value is -1.54. The SMILES string of the molecule is Cn1c(SCC(N)=O)nnc1-c1cc(Br)ccc1O. The number of phenols is 1. The summed E-state index contributed by atoms with van der Waals surface area (Å²) in [6, 6.07) is 5.06. The molecule has 0 aliphatic rings. The van der Waals surface area contributed by atoms with Crippen LogP contribution in [-0.2, 0) is 11.8 Å². The van der Waals surface area contributed by atoms with E-state index in [1.54, 1.807) is 29.8 Å². The smallest absolute Gasteiger partial charge is 0.227 e. The van der Waals surface area contributed by atoms with Gasteiger partial charge in [0.1, 0.15) is 5.75 Å². The molecule has 3 N–H and O–H groups in total. The molecule has 0 radical (unpaired) electrons. The van der Waals surface area contributed by atoms with Crippen LogP contribution in [0.4, 0.5) is 0 Å². The molecule has 0 unspecified atom stereocenters. The molecule has 0 spiro atoms. The van der Waals surface area contributed by atoms with E-state index in [0.717, 1.165) is 4.47 Å². The van der Waals surface area contributed by atoms with E-state index in [-0.39, 0.29) is 11.5 Å². The topological polar surface area (TPSA) is 94.0 Å². The van der Waals surface area contributed by atoms with E-state index in [9.17, 15) is 9.90 Å². The molecule has 8 heteroatoms. The standard InChI is InChI=1S/C11H11BrN4O2S/c1-16-10(7-4-6(12)2-3-8(7)17)14-15-11(16)19-5-9(13)18/h2-4,17H,5H2,1H3,(H2,13,18). The molecule has 0 bridgehead atoms. The summed E-state index contributed by atoms with van der Waals surface area (Å²) in [5.41, 5.74) is 5.65. The summed E-state index contributed by atoms with van der Waals surface area (Å²) in [7, 11) is 1.76. The maximum atomic E-state index is 10.8. The Balaban J connectivity index is 2.36. The average molecular weight is 343 g/mol. The van der Waals surface area contributed by atoms with Gasteiger partial charge < -0.3 is 15.4 Å². The van der Waals surface area contributed by atoms with E-state index in [1.807, 2.05) is 0 Å². The number of benzene rings is 1. The number of hydrogen-bond acceptors (Lipinski definition) is 5. The van der Waals surface area contributed by atoms with Crippen molar-refractivity contribution in [2.75, 3.05) is 5.75 Å². The Morgan fingerprint density at radius 2 is 2.26 bits per heavy atom. The number of aromatic hydroxyl groups is 1. The van der Waals surface area contributed by atoms with Gasteiger partial charge in [0, 0.05) is 11.5 Å². The van der Waals surface area contributed by atoms with Crippen LogP contribution in [0.1, 0.15) is 0 Å². The van der Waals surface area contributed by atoms with Crippen molar-refractivity contribution in [2.24, 2.45) is 12.8 Å². The number of phenolic OH excluding ortho intramolecular Hbond substituents is 1. The van der Waals surface area contributed by atoms with Crippen molar-refractivity contribution in [2.45, 2.75) is 5.16 Å². The van der Waals surface area contributed by atoms with Crippen molar-refractivity contribution in [3.63, 3.8) is 0 Å². The molecule has 0 saturated carbocycles. The van der Waals surface area contributed by atoms with Gasteiger partial charge in [0.2, 0.25) is 5.91 Å². The van der Waals surface area contributed by atoms with E-state index in [2.05, 4.69) is 26.1 Å². The highest BCUT2D eigenvalue weighted by Crippen LogP contribution is 2.31. The fraction of sp³-hybridized carbons (Fsp3) is 0.182. The highest BCUT2D eigenvalue weighted by molar-refractivity contribution is 9.10. The first-order chi connectivity index (χ1) is 8.99. The number of thioether (sulfide) groups is 1. The van der Waals surface area contributed by atoms with Gasteiger partial charge in [0.15, 0.2) is 11.0 Å². The largest absolute Gasteiger partial charge is 0.507 e. The number of primary amides is 1. The number of carbonyl (C=O) groups excluding carboxylic acids is 1. The Morgan fingerprint density at radius 1 is 1.53 bits per heavy atom. The van der Waals surface area contributed by atoms with E-state index in [0.29, 0.717) is 16.5 Å². The van der Waals surface area contributed by atoms with Crippen LogP contribution in [0.5, 0.6) is 5.75 Å². The van der Waals surface area contributed by atoms with Crippen LogP contribution in [0, 0.1) is 0 Å². The molecular formula is C11H11BrN4O2S. The number of amides is 1. The first-order valence-electron chi connectivity index (χ1n) is 5.28. The van der Waals surface area contributed by atoms with Crippen LogP contribution in [0.3, 0.4) is 0 Å². The second-order valence-corrected chi connectivity index (χ2v) is 5.64. The van der Waals surface area contributed by atoms with Crippen LogP contribution >= 0.6 is 27.7 Å². The summed E-state index contributed by atoms with van der Waals surface area (Å²) in [6.07, 6.45) is 0. The maximum absolute atomic E-state index is 10.8. The molecule has 0 aliphatic carbocycles. The van der Waals surface area contributed by atoms with Gasteiger partial charge in [0.25, 0.3) is 0 Å². The van der Waals surface area contributed by atoms with Crippen LogP contribution in [0.25, 0.3) is 11.4 Å². The van der Waals surface area contributed by atoms with Crippen LogP contribution in [0.15, 0.2) is 27.8 Å². The Bertz CT molecular complexity index is 629. The van der Waals surface area contributed by atoms with E-state index in [4.69, 9.17) is 5.73 Å². The lowest BCUT2D eigenvalue weighted by molar-refractivity contribution is -0.115.